The molecule has 1 heterocycles. The van der Waals surface area contributed by atoms with Gasteiger partial charge in [-0.1, -0.05) is 13.0 Å². The molecule has 1 aromatic carbocycles. The van der Waals surface area contributed by atoms with Crippen LogP contribution in [0.15, 0.2) is 18.2 Å². The molecule has 1 N–H and O–H groups in total. The monoisotopic (exact) mass is 287 g/mol. The van der Waals surface area contributed by atoms with Gasteiger partial charge in [0.2, 0.25) is 0 Å². The SMILES string of the molecule is CCCN(Cc1ccc(OC)c(C#N)c1)CC1CCCN1. The van der Waals surface area contributed by atoms with Crippen molar-refractivity contribution >= 4 is 0 Å². The Kier molecular flexibility index (Phi) is 6.04. The molecule has 1 aliphatic heterocycles. The summed E-state index contributed by atoms with van der Waals surface area (Å²) in [5.74, 6) is 0.653. The van der Waals surface area contributed by atoms with Crippen LogP contribution < -0.4 is 10.1 Å². The van der Waals surface area contributed by atoms with Crippen molar-refractivity contribution in [2.45, 2.75) is 38.8 Å². The zero-order valence-electron chi connectivity index (χ0n) is 13.1. The molecule has 114 valence electrons. The van der Waals surface area contributed by atoms with E-state index in [1.807, 2.05) is 12.1 Å². The Morgan fingerprint density at radius 1 is 1.48 bits per heavy atom. The summed E-state index contributed by atoms with van der Waals surface area (Å²) in [6.07, 6.45) is 3.70. The fourth-order valence-electron chi connectivity index (χ4n) is 2.97. The molecular weight excluding hydrogens is 262 g/mol. The van der Waals surface area contributed by atoms with Crippen LogP contribution in [0.25, 0.3) is 0 Å². The molecule has 0 spiro atoms. The van der Waals surface area contributed by atoms with Crippen molar-refractivity contribution in [1.82, 2.24) is 10.2 Å². The fraction of sp³-hybridized carbons (Fsp3) is 0.588. The van der Waals surface area contributed by atoms with Gasteiger partial charge < -0.3 is 10.1 Å². The predicted molar refractivity (Wildman–Crippen MR) is 84.3 cm³/mol. The summed E-state index contributed by atoms with van der Waals surface area (Å²) in [4.78, 5) is 2.48. The Balaban J connectivity index is 2.03. The van der Waals surface area contributed by atoms with E-state index in [1.54, 1.807) is 7.11 Å². The second-order valence-electron chi connectivity index (χ2n) is 5.67. The Hall–Kier alpha value is -1.57. The highest BCUT2D eigenvalue weighted by atomic mass is 16.5. The third-order valence-corrected chi connectivity index (χ3v) is 3.97. The van der Waals surface area contributed by atoms with E-state index in [9.17, 15) is 5.26 Å². The molecule has 21 heavy (non-hydrogen) atoms. The number of methoxy groups -OCH3 is 1. The number of ether oxygens (including phenoxy) is 1. The first-order valence-electron chi connectivity index (χ1n) is 7.79. The minimum atomic E-state index is 0.616. The summed E-state index contributed by atoms with van der Waals surface area (Å²) in [6.45, 7) is 6.42. The molecule has 4 heteroatoms. The molecule has 1 fully saturated rings. The van der Waals surface area contributed by atoms with Crippen LogP contribution in [-0.4, -0.2) is 37.7 Å². The topological polar surface area (TPSA) is 48.3 Å². The lowest BCUT2D eigenvalue weighted by molar-refractivity contribution is 0.241. The van der Waals surface area contributed by atoms with Gasteiger partial charge in [0.25, 0.3) is 0 Å². The average Bonchev–Trinajstić information content (AvgIpc) is 3.00. The number of nitrogens with zero attached hydrogens (tertiary/aromatic N) is 2. The molecule has 0 saturated carbocycles. The Morgan fingerprint density at radius 3 is 2.95 bits per heavy atom. The van der Waals surface area contributed by atoms with Crippen LogP contribution in [-0.2, 0) is 6.54 Å². The van der Waals surface area contributed by atoms with Gasteiger partial charge in [-0.3, -0.25) is 4.90 Å². The number of rotatable bonds is 7. The van der Waals surface area contributed by atoms with E-state index in [0.29, 0.717) is 17.4 Å². The molecule has 1 atom stereocenters. The van der Waals surface area contributed by atoms with Gasteiger partial charge in [0.15, 0.2) is 0 Å². The first kappa shape index (κ1) is 15.8. The van der Waals surface area contributed by atoms with E-state index in [0.717, 1.165) is 32.6 Å². The summed E-state index contributed by atoms with van der Waals surface area (Å²) >= 11 is 0. The van der Waals surface area contributed by atoms with E-state index in [-0.39, 0.29) is 0 Å². The highest BCUT2D eigenvalue weighted by Crippen LogP contribution is 2.20. The quantitative estimate of drug-likeness (QED) is 0.837. The Morgan fingerprint density at radius 2 is 2.33 bits per heavy atom. The van der Waals surface area contributed by atoms with E-state index in [2.05, 4.69) is 29.3 Å². The molecule has 0 radical (unpaired) electrons. The second kappa shape index (κ2) is 8.02. The van der Waals surface area contributed by atoms with Crippen molar-refractivity contribution in [2.75, 3.05) is 26.7 Å². The van der Waals surface area contributed by atoms with Crippen molar-refractivity contribution in [2.24, 2.45) is 0 Å². The number of benzene rings is 1. The van der Waals surface area contributed by atoms with Crippen molar-refractivity contribution in [3.05, 3.63) is 29.3 Å². The molecule has 0 aromatic heterocycles. The van der Waals surface area contributed by atoms with Gasteiger partial charge in [0.05, 0.1) is 12.7 Å². The van der Waals surface area contributed by atoms with Crippen LogP contribution in [0.1, 0.15) is 37.3 Å². The van der Waals surface area contributed by atoms with Crippen LogP contribution in [0, 0.1) is 11.3 Å². The minimum Gasteiger partial charge on any atom is -0.495 e. The molecule has 1 aromatic rings. The molecule has 0 amide bonds. The summed E-state index contributed by atoms with van der Waals surface area (Å²) in [5, 5.41) is 12.7. The maximum atomic E-state index is 9.19. The lowest BCUT2D eigenvalue weighted by Gasteiger charge is -2.25. The van der Waals surface area contributed by atoms with Crippen LogP contribution in [0.2, 0.25) is 0 Å². The smallest absolute Gasteiger partial charge is 0.136 e. The molecular formula is C17H25N3O. The first-order valence-corrected chi connectivity index (χ1v) is 7.79. The van der Waals surface area contributed by atoms with Gasteiger partial charge in [-0.15, -0.1) is 0 Å². The highest BCUT2D eigenvalue weighted by molar-refractivity contribution is 5.45. The standard InChI is InChI=1S/C17H25N3O/c1-3-9-20(13-16-5-4-8-19-16)12-14-6-7-17(21-2)15(10-14)11-18/h6-7,10,16,19H,3-5,8-9,12-13H2,1-2H3. The zero-order valence-corrected chi connectivity index (χ0v) is 13.1. The van der Waals surface area contributed by atoms with Gasteiger partial charge in [0.1, 0.15) is 11.8 Å². The Labute approximate surface area is 127 Å². The molecule has 2 rings (SSSR count). The number of hydrogen-bond acceptors (Lipinski definition) is 4. The van der Waals surface area contributed by atoms with Crippen LogP contribution >= 0.6 is 0 Å². The average molecular weight is 287 g/mol. The van der Waals surface area contributed by atoms with Crippen molar-refractivity contribution in [1.29, 1.82) is 5.26 Å². The van der Waals surface area contributed by atoms with Crippen molar-refractivity contribution < 1.29 is 4.74 Å². The third-order valence-electron chi connectivity index (χ3n) is 3.97. The highest BCUT2D eigenvalue weighted by Gasteiger charge is 2.18. The number of hydrogen-bond donors (Lipinski definition) is 1. The van der Waals surface area contributed by atoms with Crippen LogP contribution in [0.3, 0.4) is 0 Å². The maximum absolute atomic E-state index is 9.19. The number of nitrogens with one attached hydrogen (secondary N) is 1. The molecule has 1 aliphatic rings. The van der Waals surface area contributed by atoms with Crippen molar-refractivity contribution in [3.8, 4) is 11.8 Å². The first-order chi connectivity index (χ1) is 10.3. The third kappa shape index (κ3) is 4.45. The summed E-state index contributed by atoms with van der Waals surface area (Å²) in [5.41, 5.74) is 1.80. The lowest BCUT2D eigenvalue weighted by Crippen LogP contribution is -2.37. The van der Waals surface area contributed by atoms with Gasteiger partial charge in [0, 0.05) is 19.1 Å². The van der Waals surface area contributed by atoms with Gasteiger partial charge in [-0.05, 0) is 50.0 Å². The van der Waals surface area contributed by atoms with Gasteiger partial charge in [-0.2, -0.15) is 5.26 Å². The summed E-state index contributed by atoms with van der Waals surface area (Å²) in [6, 6.07) is 8.73. The Bertz CT molecular complexity index is 489. The number of nitriles is 1. The van der Waals surface area contributed by atoms with E-state index < -0.39 is 0 Å². The minimum absolute atomic E-state index is 0.616. The van der Waals surface area contributed by atoms with Crippen LogP contribution in [0.5, 0.6) is 5.75 Å². The molecule has 0 aliphatic carbocycles. The van der Waals surface area contributed by atoms with E-state index in [4.69, 9.17) is 4.74 Å². The molecule has 0 bridgehead atoms. The maximum Gasteiger partial charge on any atom is 0.136 e. The lowest BCUT2D eigenvalue weighted by atomic mass is 10.1. The van der Waals surface area contributed by atoms with E-state index >= 15 is 0 Å². The van der Waals surface area contributed by atoms with Gasteiger partial charge in [-0.25, -0.2) is 0 Å². The predicted octanol–water partition coefficient (Wildman–Crippen LogP) is 2.53. The summed E-state index contributed by atoms with van der Waals surface area (Å²) < 4.78 is 5.21. The normalized spacial score (nSPS) is 17.9. The molecule has 1 unspecified atom stereocenters. The second-order valence-corrected chi connectivity index (χ2v) is 5.67. The van der Waals surface area contributed by atoms with Crippen molar-refractivity contribution in [3.63, 3.8) is 0 Å². The molecule has 1 saturated heterocycles. The fourth-order valence-corrected chi connectivity index (χ4v) is 2.97. The van der Waals surface area contributed by atoms with Gasteiger partial charge >= 0.3 is 0 Å². The van der Waals surface area contributed by atoms with Crippen LogP contribution in [0.4, 0.5) is 0 Å². The zero-order chi connectivity index (χ0) is 15.1. The van der Waals surface area contributed by atoms with E-state index in [1.165, 1.54) is 18.4 Å². The largest absolute Gasteiger partial charge is 0.495 e. The molecule has 4 nitrogen and oxygen atoms in total. The summed E-state index contributed by atoms with van der Waals surface area (Å²) in [7, 11) is 1.60.